The smallest absolute Gasteiger partial charge is 0.243 e. The normalized spacial score (nSPS) is 16.0. The van der Waals surface area contributed by atoms with Crippen LogP contribution in [0.2, 0.25) is 0 Å². The van der Waals surface area contributed by atoms with Gasteiger partial charge in [0, 0.05) is 30.7 Å². The summed E-state index contributed by atoms with van der Waals surface area (Å²) in [6, 6.07) is 14.7. The Kier molecular flexibility index (Phi) is 5.66. The van der Waals surface area contributed by atoms with Crippen molar-refractivity contribution in [3.63, 3.8) is 0 Å². The lowest BCUT2D eigenvalue weighted by Crippen LogP contribution is -2.48. The minimum atomic E-state index is -3.47. The number of ether oxygens (including phenoxy) is 1. The SMILES string of the molecule is CCOc1ccccc1N1CCN(S(=O)(=O)c2cccc(Br)c2)CC1. The molecule has 1 heterocycles. The molecule has 0 amide bonds. The summed E-state index contributed by atoms with van der Waals surface area (Å²) >= 11 is 3.34. The lowest BCUT2D eigenvalue weighted by molar-refractivity contribution is 0.337. The zero-order valence-electron chi connectivity index (χ0n) is 14.1. The van der Waals surface area contributed by atoms with Crippen molar-refractivity contribution in [1.29, 1.82) is 0 Å². The van der Waals surface area contributed by atoms with Gasteiger partial charge >= 0.3 is 0 Å². The maximum atomic E-state index is 12.8. The van der Waals surface area contributed by atoms with Crippen LogP contribution in [0.4, 0.5) is 5.69 Å². The Morgan fingerprint density at radius 2 is 1.76 bits per heavy atom. The van der Waals surface area contributed by atoms with Crippen molar-refractivity contribution in [1.82, 2.24) is 4.31 Å². The van der Waals surface area contributed by atoms with E-state index in [0.717, 1.165) is 15.9 Å². The lowest BCUT2D eigenvalue weighted by atomic mass is 10.2. The Hall–Kier alpha value is -1.57. The van der Waals surface area contributed by atoms with Gasteiger partial charge in [0.15, 0.2) is 0 Å². The molecule has 1 aliphatic rings. The summed E-state index contributed by atoms with van der Waals surface area (Å²) in [4.78, 5) is 2.50. The second kappa shape index (κ2) is 7.76. The van der Waals surface area contributed by atoms with Crippen LogP contribution in [-0.4, -0.2) is 45.5 Å². The van der Waals surface area contributed by atoms with Gasteiger partial charge in [-0.1, -0.05) is 34.1 Å². The van der Waals surface area contributed by atoms with Crippen LogP contribution in [0.25, 0.3) is 0 Å². The number of anilines is 1. The van der Waals surface area contributed by atoms with Crippen molar-refractivity contribution in [3.05, 3.63) is 53.0 Å². The molecule has 1 saturated heterocycles. The third-order valence-corrected chi connectivity index (χ3v) is 6.57. The summed E-state index contributed by atoms with van der Waals surface area (Å²) in [5, 5.41) is 0. The standard InChI is InChI=1S/C18H21BrN2O3S/c1-2-24-18-9-4-3-8-17(18)20-10-12-21(13-11-20)25(22,23)16-7-5-6-15(19)14-16/h3-9,14H,2,10-13H2,1H3. The molecule has 0 saturated carbocycles. The van der Waals surface area contributed by atoms with E-state index in [1.54, 1.807) is 22.5 Å². The van der Waals surface area contributed by atoms with Crippen molar-refractivity contribution in [2.45, 2.75) is 11.8 Å². The van der Waals surface area contributed by atoms with Crippen LogP contribution in [0.1, 0.15) is 6.92 Å². The fraction of sp³-hybridized carbons (Fsp3) is 0.333. The number of nitrogens with zero attached hydrogens (tertiary/aromatic N) is 2. The molecule has 3 rings (SSSR count). The van der Waals surface area contributed by atoms with E-state index in [9.17, 15) is 8.42 Å². The topological polar surface area (TPSA) is 49.9 Å². The first-order valence-corrected chi connectivity index (χ1v) is 10.5. The summed E-state index contributed by atoms with van der Waals surface area (Å²) in [5.41, 5.74) is 1.02. The lowest BCUT2D eigenvalue weighted by Gasteiger charge is -2.36. The average molecular weight is 425 g/mol. The fourth-order valence-electron chi connectivity index (χ4n) is 2.94. The highest BCUT2D eigenvalue weighted by molar-refractivity contribution is 9.10. The van der Waals surface area contributed by atoms with Gasteiger partial charge in [0.05, 0.1) is 17.2 Å². The molecule has 5 nitrogen and oxygen atoms in total. The van der Waals surface area contributed by atoms with Crippen LogP contribution in [0.15, 0.2) is 57.9 Å². The molecule has 134 valence electrons. The third kappa shape index (κ3) is 3.99. The van der Waals surface area contributed by atoms with Gasteiger partial charge < -0.3 is 9.64 Å². The Morgan fingerprint density at radius 3 is 2.44 bits per heavy atom. The number of para-hydroxylation sites is 2. The fourth-order valence-corrected chi connectivity index (χ4v) is 4.96. The minimum absolute atomic E-state index is 0.324. The van der Waals surface area contributed by atoms with Crippen molar-refractivity contribution < 1.29 is 13.2 Å². The van der Waals surface area contributed by atoms with Crippen molar-refractivity contribution in [3.8, 4) is 5.75 Å². The van der Waals surface area contributed by atoms with Crippen LogP contribution in [0, 0.1) is 0 Å². The summed E-state index contributed by atoms with van der Waals surface area (Å²) in [6.45, 7) is 4.74. The molecule has 0 aromatic heterocycles. The van der Waals surface area contributed by atoms with Crippen LogP contribution in [-0.2, 0) is 10.0 Å². The van der Waals surface area contributed by atoms with Crippen LogP contribution < -0.4 is 9.64 Å². The third-order valence-electron chi connectivity index (χ3n) is 4.18. The molecular weight excluding hydrogens is 404 g/mol. The number of benzene rings is 2. The predicted octanol–water partition coefficient (Wildman–Crippen LogP) is 3.36. The molecule has 0 atom stereocenters. The molecule has 1 fully saturated rings. The monoisotopic (exact) mass is 424 g/mol. The number of rotatable bonds is 5. The minimum Gasteiger partial charge on any atom is -0.492 e. The van der Waals surface area contributed by atoms with E-state index in [1.165, 1.54) is 0 Å². The molecule has 0 radical (unpaired) electrons. The van der Waals surface area contributed by atoms with Gasteiger partial charge in [-0.25, -0.2) is 8.42 Å². The zero-order valence-corrected chi connectivity index (χ0v) is 16.5. The maximum absolute atomic E-state index is 12.8. The predicted molar refractivity (Wildman–Crippen MR) is 103 cm³/mol. The average Bonchev–Trinajstić information content (AvgIpc) is 2.63. The first-order chi connectivity index (χ1) is 12.0. The van der Waals surface area contributed by atoms with Gasteiger partial charge in [-0.15, -0.1) is 0 Å². The van der Waals surface area contributed by atoms with E-state index in [1.807, 2.05) is 37.3 Å². The van der Waals surface area contributed by atoms with Gasteiger partial charge in [0.2, 0.25) is 10.0 Å². The number of hydrogen-bond acceptors (Lipinski definition) is 4. The Balaban J connectivity index is 1.74. The van der Waals surface area contributed by atoms with E-state index in [4.69, 9.17) is 4.74 Å². The molecule has 0 bridgehead atoms. The second-order valence-corrected chi connectivity index (χ2v) is 8.60. The highest BCUT2D eigenvalue weighted by Crippen LogP contribution is 2.30. The first kappa shape index (κ1) is 18.2. The number of hydrogen-bond donors (Lipinski definition) is 0. The van der Waals surface area contributed by atoms with E-state index in [0.29, 0.717) is 37.7 Å². The maximum Gasteiger partial charge on any atom is 0.243 e. The molecule has 7 heteroatoms. The Bertz CT molecular complexity index is 834. The van der Waals surface area contributed by atoms with Crippen molar-refractivity contribution in [2.75, 3.05) is 37.7 Å². The second-order valence-electron chi connectivity index (χ2n) is 5.75. The highest BCUT2D eigenvalue weighted by Gasteiger charge is 2.29. The summed E-state index contributed by atoms with van der Waals surface area (Å²) in [6.07, 6.45) is 0. The quantitative estimate of drug-likeness (QED) is 0.738. The van der Waals surface area contributed by atoms with E-state index >= 15 is 0 Å². The Morgan fingerprint density at radius 1 is 1.04 bits per heavy atom. The number of halogens is 1. The molecule has 1 aliphatic heterocycles. The number of piperazine rings is 1. The first-order valence-electron chi connectivity index (χ1n) is 8.25. The molecule has 0 spiro atoms. The van der Waals surface area contributed by atoms with Gasteiger partial charge in [0.1, 0.15) is 5.75 Å². The highest BCUT2D eigenvalue weighted by atomic mass is 79.9. The molecular formula is C18H21BrN2O3S. The number of sulfonamides is 1. The van der Waals surface area contributed by atoms with Crippen LogP contribution in [0.3, 0.4) is 0 Å². The summed E-state index contributed by atoms with van der Waals surface area (Å²) in [5.74, 6) is 0.841. The van der Waals surface area contributed by atoms with E-state index in [2.05, 4.69) is 20.8 Å². The molecule has 2 aromatic carbocycles. The largest absolute Gasteiger partial charge is 0.492 e. The summed E-state index contributed by atoms with van der Waals surface area (Å²) < 4.78 is 33.6. The van der Waals surface area contributed by atoms with Crippen LogP contribution in [0.5, 0.6) is 5.75 Å². The van der Waals surface area contributed by atoms with Crippen molar-refractivity contribution >= 4 is 31.6 Å². The van der Waals surface area contributed by atoms with Crippen molar-refractivity contribution in [2.24, 2.45) is 0 Å². The van der Waals surface area contributed by atoms with Gasteiger partial charge in [-0.05, 0) is 37.3 Å². The molecule has 0 unspecified atom stereocenters. The van der Waals surface area contributed by atoms with Gasteiger partial charge in [0.25, 0.3) is 0 Å². The molecule has 25 heavy (non-hydrogen) atoms. The molecule has 2 aromatic rings. The van der Waals surface area contributed by atoms with E-state index in [-0.39, 0.29) is 0 Å². The molecule has 0 aliphatic carbocycles. The van der Waals surface area contributed by atoms with Gasteiger partial charge in [-0.2, -0.15) is 4.31 Å². The Labute approximate surface area is 157 Å². The van der Waals surface area contributed by atoms with E-state index < -0.39 is 10.0 Å². The van der Waals surface area contributed by atoms with Gasteiger partial charge in [-0.3, -0.25) is 0 Å². The summed E-state index contributed by atoms with van der Waals surface area (Å²) in [7, 11) is -3.47. The molecule has 0 N–H and O–H groups in total. The zero-order chi connectivity index (χ0) is 17.9. The van der Waals surface area contributed by atoms with Crippen LogP contribution >= 0.6 is 15.9 Å².